The summed E-state index contributed by atoms with van der Waals surface area (Å²) < 4.78 is 20.9. The van der Waals surface area contributed by atoms with Gasteiger partial charge in [0.05, 0.1) is 6.04 Å². The van der Waals surface area contributed by atoms with E-state index in [1.165, 1.54) is 6.07 Å². The molecule has 1 aromatic heterocycles. The van der Waals surface area contributed by atoms with Gasteiger partial charge in [0, 0.05) is 15.4 Å². The van der Waals surface area contributed by atoms with E-state index in [0.717, 1.165) is 27.7 Å². The van der Waals surface area contributed by atoms with E-state index >= 15 is 0 Å². The molecule has 1 N–H and O–H groups in total. The van der Waals surface area contributed by atoms with Crippen LogP contribution in [0.15, 0.2) is 57.4 Å². The van der Waals surface area contributed by atoms with Crippen LogP contribution < -0.4 is 5.32 Å². The standard InChI is InChI=1S/C17H15BrFNO/c1-2-20-17(13-8-7-12(18)10-14(13)19)16-9-11-5-3-4-6-15(11)21-16/h3-10,17,20H,2H2,1H3. The van der Waals surface area contributed by atoms with Crippen LogP contribution in [0.4, 0.5) is 4.39 Å². The van der Waals surface area contributed by atoms with Gasteiger partial charge in [-0.3, -0.25) is 0 Å². The first-order valence-electron chi connectivity index (χ1n) is 6.86. The molecule has 2 nitrogen and oxygen atoms in total. The summed E-state index contributed by atoms with van der Waals surface area (Å²) in [6, 6.07) is 14.6. The number of benzene rings is 2. The minimum atomic E-state index is -0.296. The molecule has 0 radical (unpaired) electrons. The summed E-state index contributed by atoms with van der Waals surface area (Å²) in [5.74, 6) is 0.468. The van der Waals surface area contributed by atoms with Crippen molar-refractivity contribution < 1.29 is 8.81 Å². The molecule has 1 atom stereocenters. The van der Waals surface area contributed by atoms with Crippen LogP contribution in [0.1, 0.15) is 24.3 Å². The highest BCUT2D eigenvalue weighted by atomic mass is 79.9. The van der Waals surface area contributed by atoms with Crippen LogP contribution >= 0.6 is 15.9 Å². The van der Waals surface area contributed by atoms with Gasteiger partial charge in [-0.1, -0.05) is 47.1 Å². The summed E-state index contributed by atoms with van der Waals surface area (Å²) in [6.07, 6.45) is 0. The molecule has 3 aromatic rings. The molecule has 0 saturated carbocycles. The molecule has 0 fully saturated rings. The van der Waals surface area contributed by atoms with E-state index in [1.54, 1.807) is 6.07 Å². The first kappa shape index (κ1) is 14.3. The summed E-state index contributed by atoms with van der Waals surface area (Å²) in [7, 11) is 0. The number of hydrogen-bond acceptors (Lipinski definition) is 2. The number of nitrogens with one attached hydrogen (secondary N) is 1. The lowest BCUT2D eigenvalue weighted by Gasteiger charge is -2.16. The zero-order valence-corrected chi connectivity index (χ0v) is 13.2. The second-order valence-corrected chi connectivity index (χ2v) is 5.76. The highest BCUT2D eigenvalue weighted by molar-refractivity contribution is 9.10. The van der Waals surface area contributed by atoms with E-state index in [9.17, 15) is 4.39 Å². The summed E-state index contributed by atoms with van der Waals surface area (Å²) in [5, 5.41) is 4.31. The van der Waals surface area contributed by atoms with E-state index in [4.69, 9.17) is 4.42 Å². The zero-order chi connectivity index (χ0) is 14.8. The third-order valence-corrected chi connectivity index (χ3v) is 3.90. The van der Waals surface area contributed by atoms with Crippen LogP contribution in [0.2, 0.25) is 0 Å². The molecule has 21 heavy (non-hydrogen) atoms. The third kappa shape index (κ3) is 2.87. The maximum atomic E-state index is 14.3. The van der Waals surface area contributed by atoms with Crippen LogP contribution in [0, 0.1) is 5.82 Å². The first-order chi connectivity index (χ1) is 10.2. The number of hydrogen-bond donors (Lipinski definition) is 1. The maximum Gasteiger partial charge on any atom is 0.134 e. The fraction of sp³-hybridized carbons (Fsp3) is 0.176. The summed E-state index contributed by atoms with van der Waals surface area (Å²) in [5.41, 5.74) is 1.40. The molecule has 0 amide bonds. The molecular weight excluding hydrogens is 333 g/mol. The lowest BCUT2D eigenvalue weighted by Crippen LogP contribution is -2.22. The molecule has 1 heterocycles. The summed E-state index contributed by atoms with van der Waals surface area (Å²) in [6.45, 7) is 2.71. The van der Waals surface area contributed by atoms with E-state index in [0.29, 0.717) is 5.56 Å². The van der Waals surface area contributed by atoms with Crippen LogP contribution in [0.25, 0.3) is 11.0 Å². The van der Waals surface area contributed by atoms with Gasteiger partial charge in [-0.05, 0) is 30.8 Å². The fourth-order valence-electron chi connectivity index (χ4n) is 2.45. The molecule has 2 aromatic carbocycles. The molecule has 0 spiro atoms. The topological polar surface area (TPSA) is 25.2 Å². The zero-order valence-electron chi connectivity index (χ0n) is 11.6. The molecule has 0 bridgehead atoms. The predicted molar refractivity (Wildman–Crippen MR) is 85.8 cm³/mol. The number of fused-ring (bicyclic) bond motifs is 1. The molecule has 4 heteroatoms. The maximum absolute atomic E-state index is 14.3. The Morgan fingerprint density at radius 1 is 1.19 bits per heavy atom. The number of rotatable bonds is 4. The van der Waals surface area contributed by atoms with Crippen molar-refractivity contribution in [2.45, 2.75) is 13.0 Å². The van der Waals surface area contributed by atoms with Gasteiger partial charge in [-0.2, -0.15) is 0 Å². The summed E-state index contributed by atoms with van der Waals surface area (Å²) in [4.78, 5) is 0. The van der Waals surface area contributed by atoms with Crippen LogP contribution in [0.3, 0.4) is 0 Å². The Morgan fingerprint density at radius 3 is 2.71 bits per heavy atom. The second kappa shape index (κ2) is 6.00. The average Bonchev–Trinajstić information content (AvgIpc) is 2.89. The fourth-order valence-corrected chi connectivity index (χ4v) is 2.78. The van der Waals surface area contributed by atoms with Crippen molar-refractivity contribution in [1.29, 1.82) is 0 Å². The van der Waals surface area contributed by atoms with Gasteiger partial charge in [0.25, 0.3) is 0 Å². The molecule has 0 aliphatic carbocycles. The Bertz CT molecular complexity index is 735. The molecular formula is C17H15BrFNO. The Balaban J connectivity index is 2.08. The van der Waals surface area contributed by atoms with Gasteiger partial charge in [0.2, 0.25) is 0 Å². The summed E-state index contributed by atoms with van der Waals surface area (Å²) >= 11 is 3.28. The SMILES string of the molecule is CCNC(c1cc2ccccc2o1)c1ccc(Br)cc1F. The van der Waals surface area contributed by atoms with Crippen molar-refractivity contribution in [3.05, 3.63) is 70.1 Å². The third-order valence-electron chi connectivity index (χ3n) is 3.41. The Hall–Kier alpha value is -1.65. The molecule has 108 valence electrons. The van der Waals surface area contributed by atoms with Gasteiger partial charge in [0.1, 0.15) is 17.2 Å². The second-order valence-electron chi connectivity index (χ2n) is 4.84. The lowest BCUT2D eigenvalue weighted by atomic mass is 10.0. The van der Waals surface area contributed by atoms with Crippen molar-refractivity contribution >= 4 is 26.9 Å². The Kier molecular flexibility index (Phi) is 4.08. The molecule has 0 aliphatic rings. The normalized spacial score (nSPS) is 12.7. The Labute approximate surface area is 131 Å². The van der Waals surface area contributed by atoms with E-state index in [2.05, 4.69) is 21.2 Å². The molecule has 0 saturated heterocycles. The van der Waals surface area contributed by atoms with Gasteiger partial charge in [-0.25, -0.2) is 4.39 Å². The monoisotopic (exact) mass is 347 g/mol. The quantitative estimate of drug-likeness (QED) is 0.715. The van der Waals surface area contributed by atoms with Crippen molar-refractivity contribution in [1.82, 2.24) is 5.32 Å². The van der Waals surface area contributed by atoms with Crippen molar-refractivity contribution in [2.24, 2.45) is 0 Å². The lowest BCUT2D eigenvalue weighted by molar-refractivity contribution is 0.462. The van der Waals surface area contributed by atoms with E-state index < -0.39 is 0 Å². The van der Waals surface area contributed by atoms with Crippen molar-refractivity contribution in [2.75, 3.05) is 6.54 Å². The van der Waals surface area contributed by atoms with Gasteiger partial charge >= 0.3 is 0 Å². The molecule has 0 aliphatic heterocycles. The van der Waals surface area contributed by atoms with Gasteiger partial charge in [-0.15, -0.1) is 0 Å². The van der Waals surface area contributed by atoms with E-state index in [1.807, 2.05) is 43.3 Å². The average molecular weight is 348 g/mol. The molecule has 1 unspecified atom stereocenters. The van der Waals surface area contributed by atoms with E-state index in [-0.39, 0.29) is 11.9 Å². The van der Waals surface area contributed by atoms with Crippen LogP contribution in [-0.2, 0) is 0 Å². The van der Waals surface area contributed by atoms with Gasteiger partial charge < -0.3 is 9.73 Å². The first-order valence-corrected chi connectivity index (χ1v) is 7.65. The smallest absolute Gasteiger partial charge is 0.134 e. The van der Waals surface area contributed by atoms with Crippen molar-refractivity contribution in [3.8, 4) is 0 Å². The molecule has 3 rings (SSSR count). The Morgan fingerprint density at radius 2 is 2.00 bits per heavy atom. The highest BCUT2D eigenvalue weighted by Crippen LogP contribution is 2.30. The number of furan rings is 1. The highest BCUT2D eigenvalue weighted by Gasteiger charge is 2.21. The minimum absolute atomic E-state index is 0.254. The number of para-hydroxylation sites is 1. The van der Waals surface area contributed by atoms with Gasteiger partial charge in [0.15, 0.2) is 0 Å². The van der Waals surface area contributed by atoms with Crippen LogP contribution in [-0.4, -0.2) is 6.54 Å². The van der Waals surface area contributed by atoms with Crippen molar-refractivity contribution in [3.63, 3.8) is 0 Å². The predicted octanol–water partition coefficient (Wildman–Crippen LogP) is 5.03. The largest absolute Gasteiger partial charge is 0.459 e. The minimum Gasteiger partial charge on any atom is -0.459 e. The van der Waals surface area contributed by atoms with Crippen LogP contribution in [0.5, 0.6) is 0 Å². The number of halogens is 2.